The second-order valence-corrected chi connectivity index (χ2v) is 6.30. The maximum absolute atomic E-state index is 12.6. The lowest BCUT2D eigenvalue weighted by molar-refractivity contribution is 0.0658. The van der Waals surface area contributed by atoms with Crippen LogP contribution in [0.4, 0.5) is 11.6 Å². The third-order valence-electron chi connectivity index (χ3n) is 4.29. The zero-order chi connectivity index (χ0) is 17.1. The van der Waals surface area contributed by atoms with E-state index in [-0.39, 0.29) is 5.91 Å². The quantitative estimate of drug-likeness (QED) is 0.937. The summed E-state index contributed by atoms with van der Waals surface area (Å²) in [4.78, 5) is 25.3. The van der Waals surface area contributed by atoms with Crippen molar-refractivity contribution in [3.8, 4) is 0 Å². The Morgan fingerprint density at radius 3 is 2.58 bits per heavy atom. The molecule has 0 saturated carbocycles. The molecule has 24 heavy (non-hydrogen) atoms. The Bertz CT molecular complexity index is 738. The molecule has 2 heterocycles. The summed E-state index contributed by atoms with van der Waals surface area (Å²) in [5.41, 5.74) is 3.71. The molecule has 1 aliphatic heterocycles. The average molecular weight is 325 g/mol. The Morgan fingerprint density at radius 2 is 1.88 bits per heavy atom. The highest BCUT2D eigenvalue weighted by Crippen LogP contribution is 2.19. The number of benzene rings is 1. The maximum atomic E-state index is 12.6. The molecule has 126 valence electrons. The molecule has 0 bridgehead atoms. The molecule has 1 amide bonds. The van der Waals surface area contributed by atoms with Crippen LogP contribution in [0.1, 0.15) is 21.6 Å². The van der Waals surface area contributed by atoms with Crippen molar-refractivity contribution in [1.29, 1.82) is 0 Å². The highest BCUT2D eigenvalue weighted by Gasteiger charge is 2.21. The highest BCUT2D eigenvalue weighted by molar-refractivity contribution is 5.92. The molecule has 1 fully saturated rings. The molecule has 1 aromatic carbocycles. The van der Waals surface area contributed by atoms with Gasteiger partial charge in [-0.05, 0) is 38.6 Å². The van der Waals surface area contributed by atoms with Crippen LogP contribution in [0.3, 0.4) is 0 Å². The number of hydrogen-bond donors (Lipinski definition) is 1. The van der Waals surface area contributed by atoms with E-state index in [1.165, 1.54) is 5.56 Å². The lowest BCUT2D eigenvalue weighted by Crippen LogP contribution is -2.47. The van der Waals surface area contributed by atoms with Crippen LogP contribution in [0.5, 0.6) is 0 Å². The van der Waals surface area contributed by atoms with Crippen LogP contribution >= 0.6 is 0 Å². The van der Waals surface area contributed by atoms with Crippen LogP contribution in [-0.4, -0.2) is 58.9 Å². The normalized spacial score (nSPS) is 15.4. The number of carbonyl (C=O) groups is 1. The molecule has 1 N–H and O–H groups in total. The monoisotopic (exact) mass is 325 g/mol. The van der Waals surface area contributed by atoms with E-state index < -0.39 is 0 Å². The van der Waals surface area contributed by atoms with Gasteiger partial charge in [0.2, 0.25) is 5.95 Å². The fourth-order valence-corrected chi connectivity index (χ4v) is 2.78. The van der Waals surface area contributed by atoms with E-state index in [0.29, 0.717) is 11.6 Å². The molecule has 0 atom stereocenters. The molecule has 2 aromatic rings. The number of aromatic nitrogens is 2. The van der Waals surface area contributed by atoms with Gasteiger partial charge in [0.25, 0.3) is 5.91 Å². The van der Waals surface area contributed by atoms with Crippen molar-refractivity contribution in [2.24, 2.45) is 0 Å². The number of amides is 1. The molecule has 3 rings (SSSR count). The van der Waals surface area contributed by atoms with Crippen molar-refractivity contribution in [3.63, 3.8) is 0 Å². The van der Waals surface area contributed by atoms with Crippen molar-refractivity contribution in [3.05, 3.63) is 47.3 Å². The zero-order valence-corrected chi connectivity index (χ0v) is 14.4. The van der Waals surface area contributed by atoms with E-state index in [1.807, 2.05) is 24.0 Å². The Kier molecular flexibility index (Phi) is 4.76. The van der Waals surface area contributed by atoms with Crippen molar-refractivity contribution in [2.45, 2.75) is 13.8 Å². The molecule has 0 spiro atoms. The lowest BCUT2D eigenvalue weighted by Gasteiger charge is -2.32. The largest absolute Gasteiger partial charge is 0.335 e. The van der Waals surface area contributed by atoms with Crippen molar-refractivity contribution in [2.75, 3.05) is 38.5 Å². The fraction of sp³-hybridized carbons (Fsp3) is 0.389. The molecular formula is C18H23N5O. The highest BCUT2D eigenvalue weighted by atomic mass is 16.2. The Labute approximate surface area is 142 Å². The topological polar surface area (TPSA) is 61.4 Å². The fourth-order valence-electron chi connectivity index (χ4n) is 2.78. The minimum atomic E-state index is -0.0332. The van der Waals surface area contributed by atoms with Gasteiger partial charge in [0.1, 0.15) is 5.69 Å². The molecule has 6 nitrogen and oxygen atoms in total. The Hall–Kier alpha value is -2.47. The Balaban J connectivity index is 1.75. The van der Waals surface area contributed by atoms with Crippen molar-refractivity contribution in [1.82, 2.24) is 19.8 Å². The number of anilines is 2. The Morgan fingerprint density at radius 1 is 1.12 bits per heavy atom. The summed E-state index contributed by atoms with van der Waals surface area (Å²) < 4.78 is 0. The number of piperazine rings is 1. The van der Waals surface area contributed by atoms with Gasteiger partial charge >= 0.3 is 0 Å². The van der Waals surface area contributed by atoms with E-state index in [9.17, 15) is 4.79 Å². The van der Waals surface area contributed by atoms with E-state index in [4.69, 9.17) is 0 Å². The summed E-state index contributed by atoms with van der Waals surface area (Å²) in [7, 11) is 2.07. The number of nitrogens with zero attached hydrogens (tertiary/aromatic N) is 4. The molecule has 1 aromatic heterocycles. The predicted octanol–water partition coefficient (Wildman–Crippen LogP) is 2.22. The number of nitrogens with one attached hydrogen (secondary N) is 1. The van der Waals surface area contributed by atoms with Gasteiger partial charge in [0, 0.05) is 38.1 Å². The van der Waals surface area contributed by atoms with E-state index in [0.717, 1.165) is 37.4 Å². The molecule has 6 heteroatoms. The number of rotatable bonds is 3. The number of likely N-dealkylation sites (N-methyl/N-ethyl adjacent to an activating group) is 1. The number of carbonyl (C=O) groups excluding carboxylic acids is 1. The summed E-state index contributed by atoms with van der Waals surface area (Å²) in [5.74, 6) is 0.413. The smallest absolute Gasteiger partial charge is 0.272 e. The van der Waals surface area contributed by atoms with Gasteiger partial charge in [-0.3, -0.25) is 4.79 Å². The van der Waals surface area contributed by atoms with Crippen LogP contribution in [0, 0.1) is 13.8 Å². The zero-order valence-electron chi connectivity index (χ0n) is 14.4. The first-order chi connectivity index (χ1) is 11.5. The summed E-state index contributed by atoms with van der Waals surface area (Å²) in [5, 5.41) is 3.20. The third-order valence-corrected chi connectivity index (χ3v) is 4.29. The van der Waals surface area contributed by atoms with Gasteiger partial charge in [-0.1, -0.05) is 17.7 Å². The molecule has 0 aliphatic carbocycles. The molecule has 1 saturated heterocycles. The molecule has 1 aliphatic rings. The first-order valence-electron chi connectivity index (χ1n) is 8.18. The van der Waals surface area contributed by atoms with E-state index in [2.05, 4.69) is 40.2 Å². The second-order valence-electron chi connectivity index (χ2n) is 6.30. The molecule has 0 unspecified atom stereocenters. The number of aryl methyl sites for hydroxylation is 2. The van der Waals surface area contributed by atoms with Gasteiger partial charge in [0.05, 0.1) is 0 Å². The summed E-state index contributed by atoms with van der Waals surface area (Å²) in [6.45, 7) is 7.35. The van der Waals surface area contributed by atoms with Gasteiger partial charge in [-0.2, -0.15) is 0 Å². The van der Waals surface area contributed by atoms with Gasteiger partial charge < -0.3 is 15.1 Å². The minimum absolute atomic E-state index is 0.0332. The van der Waals surface area contributed by atoms with Crippen molar-refractivity contribution >= 4 is 17.5 Å². The molecule has 0 radical (unpaired) electrons. The second kappa shape index (κ2) is 6.97. The maximum Gasteiger partial charge on any atom is 0.272 e. The van der Waals surface area contributed by atoms with Crippen LogP contribution in [0.15, 0.2) is 30.5 Å². The van der Waals surface area contributed by atoms with Gasteiger partial charge in [-0.25, -0.2) is 9.97 Å². The number of hydrogen-bond acceptors (Lipinski definition) is 5. The lowest BCUT2D eigenvalue weighted by atomic mass is 10.1. The summed E-state index contributed by atoms with van der Waals surface area (Å²) >= 11 is 0. The SMILES string of the molecule is Cc1ccc(Nc2nccc(C(=O)N3CCN(C)CC3)n2)c(C)c1. The first kappa shape index (κ1) is 16.4. The van der Waals surface area contributed by atoms with Crippen LogP contribution in [0.25, 0.3) is 0 Å². The minimum Gasteiger partial charge on any atom is -0.335 e. The average Bonchev–Trinajstić information content (AvgIpc) is 2.58. The van der Waals surface area contributed by atoms with Gasteiger partial charge in [-0.15, -0.1) is 0 Å². The van der Waals surface area contributed by atoms with Gasteiger partial charge in [0.15, 0.2) is 0 Å². The standard InChI is InChI=1S/C18H23N5O/c1-13-4-5-15(14(2)12-13)20-18-19-7-6-16(21-18)17(24)23-10-8-22(3)9-11-23/h4-7,12H,8-11H2,1-3H3,(H,19,20,21). The van der Waals surface area contributed by atoms with E-state index >= 15 is 0 Å². The molecular weight excluding hydrogens is 302 g/mol. The van der Waals surface area contributed by atoms with Crippen molar-refractivity contribution < 1.29 is 4.79 Å². The summed E-state index contributed by atoms with van der Waals surface area (Å²) in [6.07, 6.45) is 1.63. The van der Waals surface area contributed by atoms with Crippen LogP contribution < -0.4 is 5.32 Å². The first-order valence-corrected chi connectivity index (χ1v) is 8.18. The third kappa shape index (κ3) is 3.71. The van der Waals surface area contributed by atoms with Crippen LogP contribution in [0.2, 0.25) is 0 Å². The van der Waals surface area contributed by atoms with E-state index in [1.54, 1.807) is 12.3 Å². The predicted molar refractivity (Wildman–Crippen MR) is 94.6 cm³/mol. The van der Waals surface area contributed by atoms with Crippen LogP contribution in [-0.2, 0) is 0 Å². The summed E-state index contributed by atoms with van der Waals surface area (Å²) in [6, 6.07) is 7.81.